The molecule has 0 aliphatic rings. The molecule has 0 unspecified atom stereocenters. The van der Waals surface area contributed by atoms with E-state index in [4.69, 9.17) is 11.6 Å². The summed E-state index contributed by atoms with van der Waals surface area (Å²) in [6.45, 7) is 1.84. The van der Waals surface area contributed by atoms with Crippen molar-refractivity contribution in [2.24, 2.45) is 0 Å². The van der Waals surface area contributed by atoms with E-state index in [0.717, 1.165) is 35.7 Å². The monoisotopic (exact) mass is 264 g/mol. The Morgan fingerprint density at radius 2 is 1.72 bits per heavy atom. The van der Waals surface area contributed by atoms with Crippen LogP contribution in [0.4, 0.5) is 4.39 Å². The fourth-order valence-corrected chi connectivity index (χ4v) is 2.05. The lowest BCUT2D eigenvalue weighted by Crippen LogP contribution is -2.83. The number of halogens is 2. The van der Waals surface area contributed by atoms with Gasteiger partial charge in [0.2, 0.25) is 0 Å². The fourth-order valence-electron chi connectivity index (χ4n) is 1.84. The molecule has 0 saturated heterocycles. The summed E-state index contributed by atoms with van der Waals surface area (Å²) >= 11 is 6.08. The van der Waals surface area contributed by atoms with Crippen molar-refractivity contribution >= 4 is 11.6 Å². The van der Waals surface area contributed by atoms with Crippen LogP contribution in [-0.4, -0.2) is 6.54 Å². The second-order valence-electron chi connectivity index (χ2n) is 4.25. The highest BCUT2D eigenvalue weighted by atomic mass is 35.5. The van der Waals surface area contributed by atoms with Gasteiger partial charge in [-0.1, -0.05) is 41.9 Å². The van der Waals surface area contributed by atoms with Crippen molar-refractivity contribution in [3.05, 3.63) is 70.5 Å². The van der Waals surface area contributed by atoms with Crippen LogP contribution in [0.25, 0.3) is 0 Å². The fraction of sp³-hybridized carbons (Fsp3) is 0.200. The third kappa shape index (κ3) is 3.83. The van der Waals surface area contributed by atoms with E-state index in [0.29, 0.717) is 0 Å². The van der Waals surface area contributed by atoms with Crippen LogP contribution in [-0.2, 0) is 13.0 Å². The lowest BCUT2D eigenvalue weighted by Gasteiger charge is -2.04. The van der Waals surface area contributed by atoms with E-state index in [1.807, 2.05) is 36.4 Å². The molecule has 0 aromatic heterocycles. The largest absolute Gasteiger partial charge is 0.342 e. The van der Waals surface area contributed by atoms with Gasteiger partial charge in [0, 0.05) is 17.0 Å². The van der Waals surface area contributed by atoms with Gasteiger partial charge in [-0.15, -0.1) is 0 Å². The molecule has 0 amide bonds. The second kappa shape index (κ2) is 6.53. The first kappa shape index (κ1) is 13.1. The third-order valence-electron chi connectivity index (χ3n) is 2.87. The van der Waals surface area contributed by atoms with Crippen LogP contribution < -0.4 is 5.32 Å². The molecule has 0 bridgehead atoms. The topological polar surface area (TPSA) is 16.6 Å². The number of nitrogens with two attached hydrogens (primary N) is 1. The van der Waals surface area contributed by atoms with Crippen molar-refractivity contribution in [1.29, 1.82) is 0 Å². The number of quaternary nitrogens is 1. The quantitative estimate of drug-likeness (QED) is 0.800. The van der Waals surface area contributed by atoms with E-state index in [2.05, 4.69) is 5.32 Å². The highest BCUT2D eigenvalue weighted by Gasteiger charge is 2.01. The molecule has 2 aromatic carbocycles. The molecule has 2 rings (SSSR count). The summed E-state index contributed by atoms with van der Waals surface area (Å²) in [5.41, 5.74) is 2.31. The molecule has 0 fully saturated rings. The molecule has 0 aliphatic carbocycles. The van der Waals surface area contributed by atoms with E-state index in [1.165, 1.54) is 12.1 Å². The first-order chi connectivity index (χ1) is 8.75. The summed E-state index contributed by atoms with van der Waals surface area (Å²) in [4.78, 5) is 0. The summed E-state index contributed by atoms with van der Waals surface area (Å²) in [6.07, 6.45) is 0.935. The average molecular weight is 265 g/mol. The van der Waals surface area contributed by atoms with Crippen molar-refractivity contribution in [1.82, 2.24) is 0 Å². The maximum absolute atomic E-state index is 12.7. The maximum atomic E-state index is 12.7. The van der Waals surface area contributed by atoms with Crippen molar-refractivity contribution in [3.63, 3.8) is 0 Å². The average Bonchev–Trinajstić information content (AvgIpc) is 2.39. The van der Waals surface area contributed by atoms with Crippen molar-refractivity contribution < 1.29 is 9.71 Å². The van der Waals surface area contributed by atoms with E-state index >= 15 is 0 Å². The molecule has 2 aromatic rings. The highest BCUT2D eigenvalue weighted by Crippen LogP contribution is 2.12. The van der Waals surface area contributed by atoms with Crippen LogP contribution in [0.1, 0.15) is 11.1 Å². The Kier molecular flexibility index (Phi) is 4.73. The van der Waals surface area contributed by atoms with Gasteiger partial charge in [-0.2, -0.15) is 0 Å². The van der Waals surface area contributed by atoms with Crippen molar-refractivity contribution in [2.75, 3.05) is 6.54 Å². The zero-order chi connectivity index (χ0) is 12.8. The Balaban J connectivity index is 1.76. The summed E-state index contributed by atoms with van der Waals surface area (Å²) in [7, 11) is 0. The highest BCUT2D eigenvalue weighted by molar-refractivity contribution is 6.31. The standard InChI is InChI=1S/C15H15ClFN/c16-15-4-2-1-3-13(15)11-18-10-9-12-5-7-14(17)8-6-12/h1-8,18H,9-11H2/p+1. The molecular weight excluding hydrogens is 249 g/mol. The lowest BCUT2D eigenvalue weighted by molar-refractivity contribution is -0.670. The van der Waals surface area contributed by atoms with Gasteiger partial charge < -0.3 is 5.32 Å². The first-order valence-electron chi connectivity index (χ1n) is 6.05. The predicted molar refractivity (Wildman–Crippen MR) is 72.1 cm³/mol. The molecule has 18 heavy (non-hydrogen) atoms. The van der Waals surface area contributed by atoms with Gasteiger partial charge in [-0.3, -0.25) is 0 Å². The van der Waals surface area contributed by atoms with Crippen LogP contribution in [0.3, 0.4) is 0 Å². The van der Waals surface area contributed by atoms with Gasteiger partial charge in [0.05, 0.1) is 6.54 Å². The molecule has 0 saturated carbocycles. The van der Waals surface area contributed by atoms with Crippen LogP contribution in [0.15, 0.2) is 48.5 Å². The van der Waals surface area contributed by atoms with Crippen LogP contribution in [0.2, 0.25) is 5.02 Å². The Labute approximate surface area is 112 Å². The minimum Gasteiger partial charge on any atom is -0.342 e. The lowest BCUT2D eigenvalue weighted by atomic mass is 10.1. The molecule has 3 heteroatoms. The Hall–Kier alpha value is -1.38. The molecular formula is C15H16ClFN+. The molecule has 0 aliphatic heterocycles. The Morgan fingerprint density at radius 1 is 1.00 bits per heavy atom. The normalized spacial score (nSPS) is 10.6. The summed E-state index contributed by atoms with van der Waals surface area (Å²) < 4.78 is 12.7. The number of hydrogen-bond acceptors (Lipinski definition) is 0. The molecule has 2 N–H and O–H groups in total. The molecule has 94 valence electrons. The zero-order valence-electron chi connectivity index (χ0n) is 10.1. The Morgan fingerprint density at radius 3 is 2.44 bits per heavy atom. The molecule has 0 spiro atoms. The minimum atomic E-state index is -0.182. The summed E-state index contributed by atoms with van der Waals surface area (Å²) in [5, 5.41) is 3.03. The number of rotatable bonds is 5. The summed E-state index contributed by atoms with van der Waals surface area (Å²) in [6, 6.07) is 14.5. The van der Waals surface area contributed by atoms with Crippen molar-refractivity contribution in [3.8, 4) is 0 Å². The van der Waals surface area contributed by atoms with Crippen LogP contribution in [0, 0.1) is 5.82 Å². The van der Waals surface area contributed by atoms with E-state index < -0.39 is 0 Å². The van der Waals surface area contributed by atoms with Gasteiger partial charge >= 0.3 is 0 Å². The van der Waals surface area contributed by atoms with Crippen LogP contribution in [0.5, 0.6) is 0 Å². The van der Waals surface area contributed by atoms with Gasteiger partial charge in [0.1, 0.15) is 12.4 Å². The summed E-state index contributed by atoms with van der Waals surface area (Å²) in [5.74, 6) is -0.182. The van der Waals surface area contributed by atoms with Gasteiger partial charge in [-0.05, 0) is 23.8 Å². The number of hydrogen-bond donors (Lipinski definition) is 1. The predicted octanol–water partition coefficient (Wildman–Crippen LogP) is 2.79. The van der Waals surface area contributed by atoms with Gasteiger partial charge in [0.15, 0.2) is 0 Å². The van der Waals surface area contributed by atoms with Crippen molar-refractivity contribution in [2.45, 2.75) is 13.0 Å². The maximum Gasteiger partial charge on any atom is 0.123 e. The smallest absolute Gasteiger partial charge is 0.123 e. The molecule has 0 heterocycles. The number of benzene rings is 2. The second-order valence-corrected chi connectivity index (χ2v) is 4.66. The third-order valence-corrected chi connectivity index (χ3v) is 3.24. The van der Waals surface area contributed by atoms with Crippen LogP contribution >= 0.6 is 11.6 Å². The SMILES string of the molecule is Fc1ccc(CC[NH2+]Cc2ccccc2Cl)cc1. The zero-order valence-corrected chi connectivity index (χ0v) is 10.8. The minimum absolute atomic E-state index is 0.182. The molecule has 0 radical (unpaired) electrons. The Bertz CT molecular complexity index is 496. The van der Waals surface area contributed by atoms with Gasteiger partial charge in [0.25, 0.3) is 0 Å². The molecule has 0 atom stereocenters. The van der Waals surface area contributed by atoms with E-state index in [9.17, 15) is 4.39 Å². The van der Waals surface area contributed by atoms with E-state index in [1.54, 1.807) is 0 Å². The van der Waals surface area contributed by atoms with Gasteiger partial charge in [-0.25, -0.2) is 4.39 Å². The van der Waals surface area contributed by atoms with E-state index in [-0.39, 0.29) is 5.82 Å². The first-order valence-corrected chi connectivity index (χ1v) is 6.43. The molecule has 1 nitrogen and oxygen atoms in total.